The highest BCUT2D eigenvalue weighted by molar-refractivity contribution is 7.92. The Bertz CT molecular complexity index is 1570. The van der Waals surface area contributed by atoms with Crippen molar-refractivity contribution in [1.29, 1.82) is 0 Å². The predicted octanol–water partition coefficient (Wildman–Crippen LogP) is 4.04. The first-order chi connectivity index (χ1) is 15.4. The molecule has 33 heavy (non-hydrogen) atoms. The Morgan fingerprint density at radius 3 is 2.33 bits per heavy atom. The number of halogens is 3. The van der Waals surface area contributed by atoms with Crippen molar-refractivity contribution in [3.8, 4) is 23.0 Å². The van der Waals surface area contributed by atoms with Crippen LogP contribution >= 0.6 is 0 Å². The molecule has 0 N–H and O–H groups in total. The summed E-state index contributed by atoms with van der Waals surface area (Å²) in [6.45, 7) is 1.44. The van der Waals surface area contributed by atoms with E-state index in [1.807, 2.05) is 0 Å². The van der Waals surface area contributed by atoms with Gasteiger partial charge < -0.3 is 4.42 Å². The molecule has 0 fully saturated rings. The highest BCUT2D eigenvalue weighted by Crippen LogP contribution is 2.34. The van der Waals surface area contributed by atoms with Crippen LogP contribution in [0.25, 0.3) is 34.1 Å². The van der Waals surface area contributed by atoms with Crippen molar-refractivity contribution in [3.05, 3.63) is 54.7 Å². The van der Waals surface area contributed by atoms with Gasteiger partial charge in [0.2, 0.25) is 5.89 Å². The summed E-state index contributed by atoms with van der Waals surface area (Å²) in [7, 11) is -9.39. The van der Waals surface area contributed by atoms with E-state index in [9.17, 15) is 30.0 Å². The van der Waals surface area contributed by atoms with E-state index in [-0.39, 0.29) is 33.3 Å². The Morgan fingerprint density at radius 2 is 1.70 bits per heavy atom. The molecule has 0 atom stereocenters. The maximum absolute atomic E-state index is 12.9. The summed E-state index contributed by atoms with van der Waals surface area (Å²) in [4.78, 5) is 11.3. The molecule has 3 aromatic heterocycles. The van der Waals surface area contributed by atoms with E-state index in [1.165, 1.54) is 25.3 Å². The number of benzene rings is 1. The maximum atomic E-state index is 12.9. The Hall–Kier alpha value is -3.32. The Balaban J connectivity index is 1.92. The first-order valence-electron chi connectivity index (χ1n) is 9.31. The van der Waals surface area contributed by atoms with Crippen LogP contribution < -0.4 is 0 Å². The number of nitrogens with zero attached hydrogens (tertiary/aromatic N) is 3. The van der Waals surface area contributed by atoms with Crippen LogP contribution in [0.3, 0.4) is 0 Å². The molecule has 0 amide bonds. The third kappa shape index (κ3) is 4.09. The van der Waals surface area contributed by atoms with Crippen LogP contribution in [0, 0.1) is 0 Å². The molecule has 0 unspecified atom stereocenters. The molecule has 4 aromatic rings. The number of pyridine rings is 2. The van der Waals surface area contributed by atoms with Crippen molar-refractivity contribution < 1.29 is 34.4 Å². The molecular formula is C20H14F3N3O5S2. The summed E-state index contributed by atoms with van der Waals surface area (Å²) >= 11 is 0. The summed E-state index contributed by atoms with van der Waals surface area (Å²) in [5.41, 5.74) is -5.17. The van der Waals surface area contributed by atoms with E-state index in [4.69, 9.17) is 4.42 Å². The number of hydrogen-bond acceptors (Lipinski definition) is 8. The van der Waals surface area contributed by atoms with Crippen molar-refractivity contribution in [2.45, 2.75) is 22.2 Å². The Morgan fingerprint density at radius 1 is 0.939 bits per heavy atom. The molecule has 8 nitrogen and oxygen atoms in total. The molecule has 0 aliphatic rings. The SMILES string of the molecule is CCS(=O)(=O)c1ccc(-c2ccccn2)nc1-c1nc2cc(S(=O)(=O)C(F)(F)F)ccc2o1. The minimum absolute atomic E-state index is 0.0454. The van der Waals surface area contributed by atoms with Crippen LogP contribution in [0.2, 0.25) is 0 Å². The largest absolute Gasteiger partial charge is 0.501 e. The molecule has 0 aliphatic carbocycles. The fourth-order valence-corrected chi connectivity index (χ4v) is 4.77. The number of oxazole rings is 1. The molecule has 0 aliphatic heterocycles. The lowest BCUT2D eigenvalue weighted by molar-refractivity contribution is -0.0435. The summed E-state index contributed by atoms with van der Waals surface area (Å²) in [5, 5.41) is 0. The first-order valence-corrected chi connectivity index (χ1v) is 12.4. The maximum Gasteiger partial charge on any atom is 0.501 e. The van der Waals surface area contributed by atoms with Gasteiger partial charge in [0.25, 0.3) is 9.84 Å². The Kier molecular flexibility index (Phi) is 5.48. The van der Waals surface area contributed by atoms with E-state index >= 15 is 0 Å². The normalized spacial score (nSPS) is 12.8. The number of hydrogen-bond donors (Lipinski definition) is 0. The van der Waals surface area contributed by atoms with Crippen LogP contribution in [0.4, 0.5) is 13.2 Å². The topological polar surface area (TPSA) is 120 Å². The van der Waals surface area contributed by atoms with Crippen molar-refractivity contribution in [2.24, 2.45) is 0 Å². The fourth-order valence-electron chi connectivity index (χ4n) is 2.97. The molecule has 0 spiro atoms. The molecule has 3 heterocycles. The van der Waals surface area contributed by atoms with Crippen molar-refractivity contribution in [3.63, 3.8) is 0 Å². The first kappa shape index (κ1) is 22.9. The smallest absolute Gasteiger partial charge is 0.435 e. The minimum Gasteiger partial charge on any atom is -0.435 e. The van der Waals surface area contributed by atoms with Gasteiger partial charge in [-0.15, -0.1) is 0 Å². The van der Waals surface area contributed by atoms with Crippen LogP contribution in [0.15, 0.2) is 68.9 Å². The molecular weight excluding hydrogens is 483 g/mol. The summed E-state index contributed by atoms with van der Waals surface area (Å²) < 4.78 is 92.9. The third-order valence-electron chi connectivity index (χ3n) is 4.68. The second-order valence-electron chi connectivity index (χ2n) is 6.76. The minimum atomic E-state index is -5.60. The zero-order valence-electron chi connectivity index (χ0n) is 16.7. The molecule has 0 bridgehead atoms. The standard InChI is InChI=1S/C20H14F3N3O5S2/c1-2-32(27,28)17-9-7-14(13-5-3-4-10-24-13)25-18(17)19-26-15-11-12(6-8-16(15)31-19)33(29,30)20(21,22)23/h3-11H,2H2,1H3. The van der Waals surface area contributed by atoms with Gasteiger partial charge in [0.1, 0.15) is 11.2 Å². The Labute approximate surface area is 186 Å². The van der Waals surface area contributed by atoms with Gasteiger partial charge in [0.15, 0.2) is 15.4 Å². The van der Waals surface area contributed by atoms with Crippen molar-refractivity contribution >= 4 is 30.8 Å². The zero-order valence-corrected chi connectivity index (χ0v) is 18.4. The van der Waals surface area contributed by atoms with E-state index in [0.29, 0.717) is 17.5 Å². The van der Waals surface area contributed by atoms with Crippen LogP contribution in [-0.2, 0) is 19.7 Å². The molecule has 1 aromatic carbocycles. The average Bonchev–Trinajstić information content (AvgIpc) is 3.22. The molecule has 13 heteroatoms. The fraction of sp³-hybridized carbons (Fsp3) is 0.150. The van der Waals surface area contributed by atoms with Crippen LogP contribution in [0.5, 0.6) is 0 Å². The quantitative estimate of drug-likeness (QED) is 0.405. The van der Waals surface area contributed by atoms with E-state index < -0.39 is 30.1 Å². The third-order valence-corrected chi connectivity index (χ3v) is 7.92. The molecule has 0 radical (unpaired) electrons. The summed E-state index contributed by atoms with van der Waals surface area (Å²) in [6.07, 6.45) is 1.52. The van der Waals surface area contributed by atoms with Gasteiger partial charge in [-0.25, -0.2) is 26.8 Å². The molecule has 172 valence electrons. The molecule has 4 rings (SSSR count). The summed E-state index contributed by atoms with van der Waals surface area (Å²) in [6, 6.07) is 10.3. The van der Waals surface area contributed by atoms with Gasteiger partial charge in [0, 0.05) is 6.20 Å². The van der Waals surface area contributed by atoms with Gasteiger partial charge in [-0.2, -0.15) is 13.2 Å². The second-order valence-corrected chi connectivity index (χ2v) is 10.9. The lowest BCUT2D eigenvalue weighted by Gasteiger charge is -2.08. The molecule has 0 saturated heterocycles. The van der Waals surface area contributed by atoms with Crippen molar-refractivity contribution in [1.82, 2.24) is 15.0 Å². The van der Waals surface area contributed by atoms with Crippen LogP contribution in [-0.4, -0.2) is 43.0 Å². The molecule has 0 saturated carbocycles. The lowest BCUT2D eigenvalue weighted by atomic mass is 10.2. The summed E-state index contributed by atoms with van der Waals surface area (Å²) in [5.74, 6) is -0.546. The predicted molar refractivity (Wildman–Crippen MR) is 111 cm³/mol. The van der Waals surface area contributed by atoms with Gasteiger partial charge in [0.05, 0.1) is 26.9 Å². The number of alkyl halides is 3. The second kappa shape index (κ2) is 7.92. The highest BCUT2D eigenvalue weighted by Gasteiger charge is 2.47. The van der Waals surface area contributed by atoms with Gasteiger partial charge in [-0.1, -0.05) is 13.0 Å². The van der Waals surface area contributed by atoms with Gasteiger partial charge in [-0.3, -0.25) is 4.98 Å². The number of sulfone groups is 2. The highest BCUT2D eigenvalue weighted by atomic mass is 32.2. The average molecular weight is 497 g/mol. The number of fused-ring (bicyclic) bond motifs is 1. The van der Waals surface area contributed by atoms with Crippen LogP contribution in [0.1, 0.15) is 6.92 Å². The zero-order chi connectivity index (χ0) is 24.0. The number of rotatable bonds is 5. The monoisotopic (exact) mass is 497 g/mol. The van der Waals surface area contributed by atoms with E-state index in [0.717, 1.165) is 12.1 Å². The van der Waals surface area contributed by atoms with Gasteiger partial charge in [-0.05, 0) is 42.5 Å². The van der Waals surface area contributed by atoms with Crippen molar-refractivity contribution in [2.75, 3.05) is 5.75 Å². The lowest BCUT2D eigenvalue weighted by Crippen LogP contribution is -2.23. The van der Waals surface area contributed by atoms with E-state index in [2.05, 4.69) is 15.0 Å². The van der Waals surface area contributed by atoms with E-state index in [1.54, 1.807) is 18.2 Å². The van der Waals surface area contributed by atoms with Gasteiger partial charge >= 0.3 is 5.51 Å². The number of aromatic nitrogens is 3.